The zero-order valence-corrected chi connectivity index (χ0v) is 14.3. The molecular formula is C18H32O3. The molecule has 0 spiro atoms. The predicted molar refractivity (Wildman–Crippen MR) is 88.2 cm³/mol. The van der Waals surface area contributed by atoms with Crippen LogP contribution >= 0.6 is 0 Å². The van der Waals surface area contributed by atoms with Crippen LogP contribution in [0, 0.1) is 11.8 Å². The largest absolute Gasteiger partial charge is 0.359 e. The third-order valence-corrected chi connectivity index (χ3v) is 3.47. The summed E-state index contributed by atoms with van der Waals surface area (Å²) in [6.45, 7) is 9.01. The minimum atomic E-state index is 0.0248. The van der Waals surface area contributed by atoms with Crippen LogP contribution in [0.3, 0.4) is 0 Å². The highest BCUT2D eigenvalue weighted by molar-refractivity contribution is 5.49. The molecular weight excluding hydrogens is 264 g/mol. The quantitative estimate of drug-likeness (QED) is 0.230. The van der Waals surface area contributed by atoms with Crippen LogP contribution in [-0.4, -0.2) is 26.3 Å². The molecule has 0 aliphatic rings. The van der Waals surface area contributed by atoms with Gasteiger partial charge in [-0.25, -0.2) is 0 Å². The zero-order chi connectivity index (χ0) is 16.1. The minimum Gasteiger partial charge on any atom is -0.359 e. The molecule has 0 saturated carbocycles. The molecule has 0 aliphatic carbocycles. The molecule has 0 aromatic heterocycles. The van der Waals surface area contributed by atoms with Crippen molar-refractivity contribution >= 4 is 6.29 Å². The number of allylic oxidation sites excluding steroid dienone is 2. The Balaban J connectivity index is 4.74. The number of ether oxygens (including phenoxy) is 2. The number of hydrogen-bond acceptors (Lipinski definition) is 3. The Kier molecular flexibility index (Phi) is 12.2. The van der Waals surface area contributed by atoms with Gasteiger partial charge >= 0.3 is 0 Å². The number of carbonyl (C=O) groups excluding carboxylic acids is 1. The van der Waals surface area contributed by atoms with Crippen LogP contribution in [0.5, 0.6) is 0 Å². The maximum absolute atomic E-state index is 10.3. The fourth-order valence-electron chi connectivity index (χ4n) is 2.50. The van der Waals surface area contributed by atoms with Crippen molar-refractivity contribution in [1.29, 1.82) is 0 Å². The zero-order valence-electron chi connectivity index (χ0n) is 14.3. The van der Waals surface area contributed by atoms with Gasteiger partial charge in [-0.15, -0.1) is 0 Å². The summed E-state index contributed by atoms with van der Waals surface area (Å²) >= 11 is 0. The lowest BCUT2D eigenvalue weighted by molar-refractivity contribution is -0.107. The van der Waals surface area contributed by atoms with Gasteiger partial charge in [-0.1, -0.05) is 45.4 Å². The molecule has 0 aliphatic heterocycles. The Bertz CT molecular complexity index is 320. The lowest BCUT2D eigenvalue weighted by atomic mass is 9.93. The van der Waals surface area contributed by atoms with Crippen molar-refractivity contribution in [1.82, 2.24) is 0 Å². The van der Waals surface area contributed by atoms with E-state index in [9.17, 15) is 4.79 Å². The first kappa shape index (κ1) is 20.1. The molecule has 3 atom stereocenters. The van der Waals surface area contributed by atoms with E-state index in [0.29, 0.717) is 19.1 Å². The van der Waals surface area contributed by atoms with Gasteiger partial charge in [0, 0.05) is 19.4 Å². The molecule has 0 saturated heterocycles. The molecule has 0 rings (SSSR count). The monoisotopic (exact) mass is 296 g/mol. The highest BCUT2D eigenvalue weighted by atomic mass is 16.7. The first-order chi connectivity index (χ1) is 10.1. The normalized spacial score (nSPS) is 16.9. The Hall–Kier alpha value is -0.930. The average Bonchev–Trinajstić information content (AvgIpc) is 2.44. The molecule has 0 N–H and O–H groups in total. The molecule has 21 heavy (non-hydrogen) atoms. The molecule has 0 radical (unpaired) electrons. The van der Waals surface area contributed by atoms with E-state index >= 15 is 0 Å². The van der Waals surface area contributed by atoms with Crippen molar-refractivity contribution in [2.75, 3.05) is 13.9 Å². The van der Waals surface area contributed by atoms with E-state index in [2.05, 4.69) is 45.9 Å². The van der Waals surface area contributed by atoms with Crippen LogP contribution in [0.25, 0.3) is 0 Å². The summed E-state index contributed by atoms with van der Waals surface area (Å²) in [5.41, 5.74) is 1.25. The fraction of sp³-hybridized carbons (Fsp3) is 0.722. The SMILES string of the molecule is CCC[C@@H](C)/C=C(\C)[C@H](OCOC)[C@H](C)/C=C/CCC=O. The van der Waals surface area contributed by atoms with E-state index in [-0.39, 0.29) is 12.0 Å². The molecule has 3 nitrogen and oxygen atoms in total. The Labute approximate surface area is 130 Å². The van der Waals surface area contributed by atoms with E-state index in [1.807, 2.05) is 0 Å². The summed E-state index contributed by atoms with van der Waals surface area (Å²) in [6.07, 6.45) is 11.2. The smallest absolute Gasteiger partial charge is 0.147 e. The molecule has 0 aromatic carbocycles. The van der Waals surface area contributed by atoms with Crippen molar-refractivity contribution in [2.24, 2.45) is 11.8 Å². The third kappa shape index (κ3) is 9.59. The summed E-state index contributed by atoms with van der Waals surface area (Å²) in [5, 5.41) is 0. The standard InChI is InChI=1S/C18H32O3/c1-6-10-15(2)13-17(4)18(21-14-20-5)16(3)11-8-7-9-12-19/h8,11-13,15-16,18H,6-7,9-10,14H2,1-5H3/b11-8+,17-13+/t15-,16-,18-/m1/s1. The third-order valence-electron chi connectivity index (χ3n) is 3.47. The summed E-state index contributed by atoms with van der Waals surface area (Å²) in [7, 11) is 1.64. The van der Waals surface area contributed by atoms with Crippen molar-refractivity contribution < 1.29 is 14.3 Å². The van der Waals surface area contributed by atoms with Crippen molar-refractivity contribution in [2.45, 2.75) is 59.5 Å². The van der Waals surface area contributed by atoms with E-state index in [1.165, 1.54) is 18.4 Å². The highest BCUT2D eigenvalue weighted by Gasteiger charge is 2.18. The lowest BCUT2D eigenvalue weighted by Crippen LogP contribution is -2.23. The van der Waals surface area contributed by atoms with Gasteiger partial charge in [-0.3, -0.25) is 0 Å². The van der Waals surface area contributed by atoms with E-state index in [4.69, 9.17) is 9.47 Å². The molecule has 0 bridgehead atoms. The molecule has 3 heteroatoms. The maximum atomic E-state index is 10.3. The van der Waals surface area contributed by atoms with Gasteiger partial charge in [0.15, 0.2) is 0 Å². The Morgan fingerprint density at radius 1 is 1.24 bits per heavy atom. The lowest BCUT2D eigenvalue weighted by Gasteiger charge is -2.24. The number of rotatable bonds is 12. The van der Waals surface area contributed by atoms with Crippen LogP contribution in [0.4, 0.5) is 0 Å². The second-order valence-electron chi connectivity index (χ2n) is 5.70. The second kappa shape index (κ2) is 12.8. The predicted octanol–water partition coefficient (Wildman–Crippen LogP) is 4.53. The summed E-state index contributed by atoms with van der Waals surface area (Å²) in [4.78, 5) is 10.3. The van der Waals surface area contributed by atoms with Crippen molar-refractivity contribution in [3.8, 4) is 0 Å². The van der Waals surface area contributed by atoms with Gasteiger partial charge in [0.25, 0.3) is 0 Å². The maximum Gasteiger partial charge on any atom is 0.147 e. The number of methoxy groups -OCH3 is 1. The van der Waals surface area contributed by atoms with Crippen LogP contribution in [0.1, 0.15) is 53.4 Å². The number of hydrogen-bond donors (Lipinski definition) is 0. The van der Waals surface area contributed by atoms with Gasteiger partial charge in [-0.2, -0.15) is 0 Å². The highest BCUT2D eigenvalue weighted by Crippen LogP contribution is 2.21. The first-order valence-electron chi connectivity index (χ1n) is 7.95. The molecule has 0 amide bonds. The van der Waals surface area contributed by atoms with Crippen molar-refractivity contribution in [3.05, 3.63) is 23.8 Å². The van der Waals surface area contributed by atoms with Crippen molar-refractivity contribution in [3.63, 3.8) is 0 Å². The number of unbranched alkanes of at least 4 members (excludes halogenated alkanes) is 1. The molecule has 0 fully saturated rings. The summed E-state index contributed by atoms with van der Waals surface area (Å²) in [6, 6.07) is 0. The van der Waals surface area contributed by atoms with Crippen LogP contribution in [-0.2, 0) is 14.3 Å². The van der Waals surface area contributed by atoms with E-state index in [0.717, 1.165) is 12.7 Å². The van der Waals surface area contributed by atoms with Crippen LogP contribution < -0.4 is 0 Å². The molecule has 0 aromatic rings. The van der Waals surface area contributed by atoms with E-state index < -0.39 is 0 Å². The van der Waals surface area contributed by atoms with Gasteiger partial charge < -0.3 is 14.3 Å². The molecule has 0 unspecified atom stereocenters. The van der Waals surface area contributed by atoms with E-state index in [1.54, 1.807) is 7.11 Å². The van der Waals surface area contributed by atoms with Crippen LogP contribution in [0.2, 0.25) is 0 Å². The summed E-state index contributed by atoms with van der Waals surface area (Å²) < 4.78 is 10.9. The summed E-state index contributed by atoms with van der Waals surface area (Å²) in [5.74, 6) is 0.826. The topological polar surface area (TPSA) is 35.5 Å². The van der Waals surface area contributed by atoms with Gasteiger partial charge in [0.05, 0.1) is 6.10 Å². The Morgan fingerprint density at radius 2 is 1.95 bits per heavy atom. The van der Waals surface area contributed by atoms with Gasteiger partial charge in [0.2, 0.25) is 0 Å². The molecule has 0 heterocycles. The van der Waals surface area contributed by atoms with Gasteiger partial charge in [0.1, 0.15) is 13.1 Å². The van der Waals surface area contributed by atoms with Crippen LogP contribution in [0.15, 0.2) is 23.8 Å². The number of aldehydes is 1. The minimum absolute atomic E-state index is 0.0248. The molecule has 122 valence electrons. The fourth-order valence-corrected chi connectivity index (χ4v) is 2.50. The second-order valence-corrected chi connectivity index (χ2v) is 5.70. The first-order valence-corrected chi connectivity index (χ1v) is 7.95. The Morgan fingerprint density at radius 3 is 2.52 bits per heavy atom. The number of carbonyl (C=O) groups is 1. The average molecular weight is 296 g/mol. The van der Waals surface area contributed by atoms with Gasteiger partial charge in [-0.05, 0) is 31.3 Å².